The number of aliphatic carboxylic acids is 1. The largest absolute Gasteiger partial charge is 0.508 e. The summed E-state index contributed by atoms with van der Waals surface area (Å²) in [5.74, 6) is -0.947. The number of carboxylic acids is 1. The lowest BCUT2D eigenvalue weighted by atomic mass is 9.77. The number of nitrogens with zero attached hydrogens (tertiary/aromatic N) is 5. The summed E-state index contributed by atoms with van der Waals surface area (Å²) in [4.78, 5) is 29.5. The van der Waals surface area contributed by atoms with Crippen LogP contribution >= 0.6 is 0 Å². The topological polar surface area (TPSA) is 138 Å². The van der Waals surface area contributed by atoms with Crippen LogP contribution in [0.1, 0.15) is 88.2 Å². The number of rotatable bonds is 9. The number of carboxylic acid groups (broad SMARTS) is 1. The maximum absolute atomic E-state index is 17.0. The Bertz CT molecular complexity index is 1690. The Balaban J connectivity index is 1.31. The Morgan fingerprint density at radius 1 is 1.19 bits per heavy atom. The molecule has 4 atom stereocenters. The molecule has 0 amide bonds. The molecule has 3 aromatic rings. The second-order valence-electron chi connectivity index (χ2n) is 14.5. The van der Waals surface area contributed by atoms with Crippen molar-refractivity contribution in [2.45, 2.75) is 101 Å². The van der Waals surface area contributed by atoms with Crippen LogP contribution in [-0.2, 0) is 11.2 Å². The van der Waals surface area contributed by atoms with Gasteiger partial charge in [-0.2, -0.15) is 9.97 Å². The molecule has 1 aromatic carbocycles. The molecule has 1 unspecified atom stereocenters. The molecular weight excluding hydrogens is 606 g/mol. The van der Waals surface area contributed by atoms with Gasteiger partial charge in [-0.25, -0.2) is 8.78 Å². The Morgan fingerprint density at radius 2 is 2.02 bits per heavy atom. The number of pyridine rings is 1. The van der Waals surface area contributed by atoms with Gasteiger partial charge in [-0.15, -0.1) is 0 Å². The standard InChI is InChI=1S/C35H44F2N6O4/c1-34(38)10-4-12-42(19-34)32-26-17-39-30(25-15-24(44)14-22-8-2-6-21(28(22)25)7-3-9-27(45)46)29(37)31(26)40-33(41-32)47-20-35-11-5-13-43(35)18-23(36)16-35/h14-15,17,21,23,44H,2-13,16,18-20,38H2,1H3,(H,45,46)/t21?,23-,34-,35+/m1/s1. The molecule has 3 saturated heterocycles. The number of piperidine rings is 1. The van der Waals surface area contributed by atoms with Gasteiger partial charge in [0.15, 0.2) is 5.82 Å². The van der Waals surface area contributed by atoms with Crippen LogP contribution in [0.15, 0.2) is 18.3 Å². The molecule has 0 radical (unpaired) electrons. The highest BCUT2D eigenvalue weighted by atomic mass is 19.1. The number of phenolic OH excluding ortho intramolecular Hbond substituents is 1. The molecule has 12 heteroatoms. The average molecular weight is 651 g/mol. The van der Waals surface area contributed by atoms with E-state index in [4.69, 9.17) is 15.5 Å². The van der Waals surface area contributed by atoms with Gasteiger partial charge < -0.3 is 25.6 Å². The second-order valence-corrected chi connectivity index (χ2v) is 14.5. The van der Waals surface area contributed by atoms with E-state index in [0.717, 1.165) is 62.6 Å². The first-order valence-electron chi connectivity index (χ1n) is 17.0. The molecule has 0 saturated carbocycles. The quantitative estimate of drug-likeness (QED) is 0.273. The lowest BCUT2D eigenvalue weighted by Crippen LogP contribution is -2.52. The summed E-state index contributed by atoms with van der Waals surface area (Å²) in [5, 5.41) is 20.4. The van der Waals surface area contributed by atoms with Gasteiger partial charge in [0, 0.05) is 49.8 Å². The fourth-order valence-electron chi connectivity index (χ4n) is 8.66. The predicted molar refractivity (Wildman–Crippen MR) is 174 cm³/mol. The Morgan fingerprint density at radius 3 is 2.83 bits per heavy atom. The van der Waals surface area contributed by atoms with Crippen LogP contribution in [0.2, 0.25) is 0 Å². The van der Waals surface area contributed by atoms with E-state index in [9.17, 15) is 19.4 Å². The average Bonchev–Trinajstić information content (AvgIpc) is 3.54. The van der Waals surface area contributed by atoms with Gasteiger partial charge in [0.2, 0.25) is 0 Å². The van der Waals surface area contributed by atoms with Crippen LogP contribution < -0.4 is 15.4 Å². The molecule has 10 nitrogen and oxygen atoms in total. The van der Waals surface area contributed by atoms with Gasteiger partial charge in [-0.3, -0.25) is 14.7 Å². The van der Waals surface area contributed by atoms with E-state index in [1.54, 1.807) is 18.3 Å². The zero-order valence-electron chi connectivity index (χ0n) is 27.0. The highest BCUT2D eigenvalue weighted by molar-refractivity contribution is 5.92. The van der Waals surface area contributed by atoms with Crippen LogP contribution in [0.3, 0.4) is 0 Å². The summed E-state index contributed by atoms with van der Waals surface area (Å²) in [6.07, 6.45) is 8.25. The fourth-order valence-corrected chi connectivity index (χ4v) is 8.66. The number of ether oxygens (including phenoxy) is 1. The molecule has 47 heavy (non-hydrogen) atoms. The van der Waals surface area contributed by atoms with Gasteiger partial charge in [-0.05, 0) is 100 Å². The van der Waals surface area contributed by atoms with E-state index in [2.05, 4.69) is 14.9 Å². The second kappa shape index (κ2) is 12.4. The van der Waals surface area contributed by atoms with E-state index < -0.39 is 29.0 Å². The van der Waals surface area contributed by atoms with Gasteiger partial charge in [-0.1, -0.05) is 0 Å². The molecule has 5 heterocycles. The first kappa shape index (κ1) is 31.9. The van der Waals surface area contributed by atoms with E-state index >= 15 is 4.39 Å². The predicted octanol–water partition coefficient (Wildman–Crippen LogP) is 5.48. The van der Waals surface area contributed by atoms with Crippen molar-refractivity contribution in [3.63, 3.8) is 0 Å². The summed E-state index contributed by atoms with van der Waals surface area (Å²) in [6, 6.07) is 3.31. The molecule has 0 spiro atoms. The van der Waals surface area contributed by atoms with Crippen LogP contribution in [-0.4, -0.2) is 86.1 Å². The van der Waals surface area contributed by atoms with Gasteiger partial charge in [0.05, 0.1) is 10.9 Å². The molecule has 3 aliphatic heterocycles. The van der Waals surface area contributed by atoms with Crippen LogP contribution in [0.25, 0.3) is 22.2 Å². The molecule has 3 fully saturated rings. The maximum Gasteiger partial charge on any atom is 0.319 e. The Hall–Kier alpha value is -3.64. The molecule has 0 bridgehead atoms. The van der Waals surface area contributed by atoms with Gasteiger partial charge in [0.1, 0.15) is 35.6 Å². The SMILES string of the molecule is C[C@@]1(N)CCCN(c2nc(OC[C@@]34CCCN3C[C@H](F)C4)nc3c(F)c(-c4cc(O)cc5c4C(CCCC(=O)O)CCC5)ncc23)C1. The maximum atomic E-state index is 17.0. The number of aromatic hydroxyl groups is 1. The molecule has 1 aliphatic carbocycles. The zero-order chi connectivity index (χ0) is 32.9. The lowest BCUT2D eigenvalue weighted by molar-refractivity contribution is -0.137. The minimum Gasteiger partial charge on any atom is -0.508 e. The number of halogens is 2. The van der Waals surface area contributed by atoms with Crippen molar-refractivity contribution in [1.82, 2.24) is 19.9 Å². The number of aryl methyl sites for hydroxylation is 1. The van der Waals surface area contributed by atoms with E-state index in [-0.39, 0.29) is 41.9 Å². The summed E-state index contributed by atoms with van der Waals surface area (Å²) in [5.41, 5.74) is 8.16. The number of carbonyl (C=O) groups is 1. The van der Waals surface area contributed by atoms with Crippen molar-refractivity contribution >= 4 is 22.7 Å². The van der Waals surface area contributed by atoms with Gasteiger partial charge in [0.25, 0.3) is 0 Å². The molecule has 4 aliphatic rings. The van der Waals surface area contributed by atoms with Crippen molar-refractivity contribution in [3.05, 3.63) is 35.3 Å². The Kier molecular flexibility index (Phi) is 8.44. The van der Waals surface area contributed by atoms with Gasteiger partial charge >= 0.3 is 12.0 Å². The van der Waals surface area contributed by atoms with Crippen LogP contribution in [0.4, 0.5) is 14.6 Å². The normalized spacial score (nSPS) is 27.6. The third kappa shape index (κ3) is 6.22. The highest BCUT2D eigenvalue weighted by Crippen LogP contribution is 2.45. The minimum absolute atomic E-state index is 0.0142. The number of hydrogen-bond acceptors (Lipinski definition) is 9. The Labute approximate surface area is 273 Å². The zero-order valence-corrected chi connectivity index (χ0v) is 27.0. The van der Waals surface area contributed by atoms with Crippen molar-refractivity contribution in [2.24, 2.45) is 5.73 Å². The number of alkyl halides is 1. The molecule has 252 valence electrons. The third-order valence-electron chi connectivity index (χ3n) is 10.8. The summed E-state index contributed by atoms with van der Waals surface area (Å²) in [6.45, 7) is 4.62. The van der Waals surface area contributed by atoms with Crippen LogP contribution in [0.5, 0.6) is 11.8 Å². The smallest absolute Gasteiger partial charge is 0.319 e. The number of benzene rings is 1. The summed E-state index contributed by atoms with van der Waals surface area (Å²) < 4.78 is 37.7. The number of aromatic nitrogens is 3. The van der Waals surface area contributed by atoms with E-state index in [1.165, 1.54) is 0 Å². The first-order valence-corrected chi connectivity index (χ1v) is 17.0. The van der Waals surface area contributed by atoms with Crippen molar-refractivity contribution in [3.8, 4) is 23.0 Å². The minimum atomic E-state index is -0.908. The third-order valence-corrected chi connectivity index (χ3v) is 10.8. The molecular formula is C35H44F2N6O4. The lowest BCUT2D eigenvalue weighted by Gasteiger charge is -2.39. The van der Waals surface area contributed by atoms with E-state index in [1.807, 2.05) is 11.8 Å². The highest BCUT2D eigenvalue weighted by Gasteiger charge is 2.49. The first-order chi connectivity index (χ1) is 22.5. The number of hydrogen-bond donors (Lipinski definition) is 3. The number of fused-ring (bicyclic) bond motifs is 3. The molecule has 4 N–H and O–H groups in total. The number of phenols is 1. The van der Waals surface area contributed by atoms with Crippen molar-refractivity contribution in [2.75, 3.05) is 37.7 Å². The van der Waals surface area contributed by atoms with Crippen molar-refractivity contribution in [1.29, 1.82) is 0 Å². The fraction of sp³-hybridized carbons (Fsp3) is 0.600. The molecule has 2 aromatic heterocycles. The van der Waals surface area contributed by atoms with Crippen molar-refractivity contribution < 1.29 is 28.5 Å². The van der Waals surface area contributed by atoms with E-state index in [0.29, 0.717) is 55.7 Å². The summed E-state index contributed by atoms with van der Waals surface area (Å²) >= 11 is 0. The van der Waals surface area contributed by atoms with Crippen LogP contribution in [0, 0.1) is 5.82 Å². The summed E-state index contributed by atoms with van der Waals surface area (Å²) in [7, 11) is 0. The monoisotopic (exact) mass is 650 g/mol. The number of anilines is 1. The number of nitrogens with two attached hydrogens (primary N) is 1. The molecule has 7 rings (SSSR count).